The van der Waals surface area contributed by atoms with Crippen molar-refractivity contribution in [3.63, 3.8) is 0 Å². The third kappa shape index (κ3) is 4.11. The van der Waals surface area contributed by atoms with Crippen LogP contribution in [0.5, 0.6) is 0 Å². The van der Waals surface area contributed by atoms with Gasteiger partial charge in [0.15, 0.2) is 0 Å². The van der Waals surface area contributed by atoms with Crippen LogP contribution in [0.15, 0.2) is 23.0 Å². The van der Waals surface area contributed by atoms with E-state index in [-0.39, 0.29) is 23.4 Å². The topological polar surface area (TPSA) is 81.5 Å². The Bertz CT molecular complexity index is 1010. The zero-order chi connectivity index (χ0) is 21.1. The Hall–Kier alpha value is -2.70. The molecular weight excluding hydrogens is 382 g/mol. The third-order valence-corrected chi connectivity index (χ3v) is 6.22. The summed E-state index contributed by atoms with van der Waals surface area (Å²) in [5.41, 5.74) is 1.13. The summed E-state index contributed by atoms with van der Waals surface area (Å²) in [6.45, 7) is 3.96. The molecule has 0 aliphatic carbocycles. The van der Waals surface area contributed by atoms with Gasteiger partial charge in [-0.1, -0.05) is 12.8 Å². The summed E-state index contributed by atoms with van der Waals surface area (Å²) in [6.07, 6.45) is 6.37. The highest BCUT2D eigenvalue weighted by molar-refractivity contribution is 5.97. The van der Waals surface area contributed by atoms with Gasteiger partial charge in [-0.2, -0.15) is 0 Å². The monoisotopic (exact) mass is 411 g/mol. The lowest BCUT2D eigenvalue weighted by molar-refractivity contribution is -0.149. The molecule has 0 bridgehead atoms. The second-order valence-corrected chi connectivity index (χ2v) is 8.20. The molecule has 1 fully saturated rings. The fourth-order valence-electron chi connectivity index (χ4n) is 4.49. The predicted molar refractivity (Wildman–Crippen MR) is 113 cm³/mol. The van der Waals surface area contributed by atoms with E-state index >= 15 is 0 Å². The maximum Gasteiger partial charge on any atom is 0.309 e. The molecule has 30 heavy (non-hydrogen) atoms. The molecule has 4 rings (SSSR count). The zero-order valence-electron chi connectivity index (χ0n) is 17.6. The van der Waals surface area contributed by atoms with Gasteiger partial charge in [-0.05, 0) is 50.8 Å². The first kappa shape index (κ1) is 20.6. The van der Waals surface area contributed by atoms with Crippen molar-refractivity contribution >= 4 is 22.8 Å². The summed E-state index contributed by atoms with van der Waals surface area (Å²) in [5, 5.41) is 0.567. The third-order valence-electron chi connectivity index (χ3n) is 6.22. The Balaban J connectivity index is 1.55. The molecule has 0 radical (unpaired) electrons. The van der Waals surface area contributed by atoms with Crippen molar-refractivity contribution < 1.29 is 14.3 Å². The molecule has 1 aromatic carbocycles. The number of carbonyl (C=O) groups is 2. The number of hydrogen-bond acceptors (Lipinski definition) is 5. The van der Waals surface area contributed by atoms with Gasteiger partial charge in [0.25, 0.3) is 11.5 Å². The zero-order valence-corrected chi connectivity index (χ0v) is 17.6. The van der Waals surface area contributed by atoms with Gasteiger partial charge >= 0.3 is 5.97 Å². The fraction of sp³-hybridized carbons (Fsp3) is 0.565. The molecule has 0 spiro atoms. The number of nitrogens with zero attached hydrogens (tertiary/aromatic N) is 3. The predicted octanol–water partition coefficient (Wildman–Crippen LogP) is 2.93. The highest BCUT2D eigenvalue weighted by Crippen LogP contribution is 2.22. The molecule has 2 aliphatic heterocycles. The molecule has 0 unspecified atom stereocenters. The number of amides is 1. The minimum atomic E-state index is -0.170. The van der Waals surface area contributed by atoms with Crippen LogP contribution in [-0.2, 0) is 22.5 Å². The molecule has 2 aromatic rings. The smallest absolute Gasteiger partial charge is 0.309 e. The Labute approximate surface area is 176 Å². The number of carbonyl (C=O) groups excluding carboxylic acids is 2. The van der Waals surface area contributed by atoms with Gasteiger partial charge in [-0.15, -0.1) is 0 Å². The molecule has 0 saturated carbocycles. The molecule has 2 aliphatic rings. The number of aryl methyl sites for hydroxylation is 1. The van der Waals surface area contributed by atoms with Gasteiger partial charge in [-0.3, -0.25) is 19.0 Å². The number of piperidine rings is 1. The molecule has 0 N–H and O–H groups in total. The fourth-order valence-corrected chi connectivity index (χ4v) is 4.49. The van der Waals surface area contributed by atoms with Crippen LogP contribution >= 0.6 is 0 Å². The highest BCUT2D eigenvalue weighted by Gasteiger charge is 2.29. The summed E-state index contributed by atoms with van der Waals surface area (Å²) in [5.74, 6) is 0.447. The van der Waals surface area contributed by atoms with Gasteiger partial charge in [0.1, 0.15) is 5.82 Å². The lowest BCUT2D eigenvalue weighted by Crippen LogP contribution is -2.40. The normalized spacial score (nSPS) is 17.8. The van der Waals surface area contributed by atoms with Crippen molar-refractivity contribution in [1.82, 2.24) is 14.5 Å². The van der Waals surface area contributed by atoms with Crippen molar-refractivity contribution in [2.45, 2.75) is 58.4 Å². The van der Waals surface area contributed by atoms with E-state index in [0.717, 1.165) is 37.9 Å². The molecule has 1 saturated heterocycles. The molecule has 7 nitrogen and oxygen atoms in total. The standard InChI is InChI=1S/C23H29N3O4/c1-2-30-23(29)16-10-13-25(14-11-16)21(27)17-8-9-18-19(15-17)24-20-7-5-3-4-6-12-26(20)22(18)28/h8-9,15-16H,2-7,10-14H2,1H3. The van der Waals surface area contributed by atoms with Gasteiger partial charge in [0.05, 0.1) is 23.4 Å². The summed E-state index contributed by atoms with van der Waals surface area (Å²) in [4.78, 5) is 44.4. The minimum absolute atomic E-state index is 0.00819. The Morgan fingerprint density at radius 1 is 1.10 bits per heavy atom. The number of ether oxygens (including phenoxy) is 1. The summed E-state index contributed by atoms with van der Waals surface area (Å²) in [7, 11) is 0. The van der Waals surface area contributed by atoms with Crippen molar-refractivity contribution in [1.29, 1.82) is 0 Å². The van der Waals surface area contributed by atoms with Crippen molar-refractivity contribution in [3.05, 3.63) is 39.9 Å². The Kier molecular flexibility index (Phi) is 6.16. The second kappa shape index (κ2) is 8.98. The van der Waals surface area contributed by atoms with Gasteiger partial charge < -0.3 is 9.64 Å². The average Bonchev–Trinajstić information content (AvgIpc) is 2.74. The largest absolute Gasteiger partial charge is 0.466 e. The first-order valence-electron chi connectivity index (χ1n) is 11.1. The van der Waals surface area contributed by atoms with E-state index in [1.54, 1.807) is 30.0 Å². The average molecular weight is 412 g/mol. The first-order chi connectivity index (χ1) is 14.6. The van der Waals surface area contributed by atoms with E-state index in [1.165, 1.54) is 0 Å². The lowest BCUT2D eigenvalue weighted by atomic mass is 9.96. The second-order valence-electron chi connectivity index (χ2n) is 8.20. The Morgan fingerprint density at radius 2 is 1.87 bits per heavy atom. The van der Waals surface area contributed by atoms with Crippen LogP contribution in [-0.4, -0.2) is 46.0 Å². The number of likely N-dealkylation sites (tertiary alicyclic amines) is 1. The van der Waals surface area contributed by atoms with Crippen LogP contribution < -0.4 is 5.56 Å². The van der Waals surface area contributed by atoms with Crippen molar-refractivity contribution in [3.8, 4) is 0 Å². The summed E-state index contributed by atoms with van der Waals surface area (Å²) < 4.78 is 6.91. The molecule has 7 heteroatoms. The maximum absolute atomic E-state index is 13.0. The van der Waals surface area contributed by atoms with Crippen LogP contribution in [0.3, 0.4) is 0 Å². The number of fused-ring (bicyclic) bond motifs is 2. The molecular formula is C23H29N3O4. The Morgan fingerprint density at radius 3 is 2.63 bits per heavy atom. The lowest BCUT2D eigenvalue weighted by Gasteiger charge is -2.31. The first-order valence-corrected chi connectivity index (χ1v) is 11.1. The number of hydrogen-bond donors (Lipinski definition) is 0. The van der Waals surface area contributed by atoms with E-state index in [0.29, 0.717) is 55.5 Å². The van der Waals surface area contributed by atoms with E-state index in [4.69, 9.17) is 9.72 Å². The van der Waals surface area contributed by atoms with Crippen LogP contribution in [0, 0.1) is 5.92 Å². The van der Waals surface area contributed by atoms with Gasteiger partial charge in [-0.25, -0.2) is 4.98 Å². The van der Waals surface area contributed by atoms with E-state index in [1.807, 2.05) is 4.57 Å². The minimum Gasteiger partial charge on any atom is -0.466 e. The number of esters is 1. The molecule has 0 atom stereocenters. The number of rotatable bonds is 3. The summed E-state index contributed by atoms with van der Waals surface area (Å²) >= 11 is 0. The molecule has 1 amide bonds. The molecule has 1 aromatic heterocycles. The van der Waals surface area contributed by atoms with Crippen LogP contribution in [0.1, 0.15) is 61.6 Å². The molecule has 160 valence electrons. The maximum atomic E-state index is 13.0. The van der Waals surface area contributed by atoms with Crippen LogP contribution in [0.25, 0.3) is 10.9 Å². The highest BCUT2D eigenvalue weighted by atomic mass is 16.5. The number of aromatic nitrogens is 2. The van der Waals surface area contributed by atoms with Crippen LogP contribution in [0.4, 0.5) is 0 Å². The van der Waals surface area contributed by atoms with Crippen molar-refractivity contribution in [2.24, 2.45) is 5.92 Å². The number of benzene rings is 1. The van der Waals surface area contributed by atoms with E-state index in [9.17, 15) is 14.4 Å². The van der Waals surface area contributed by atoms with Gasteiger partial charge in [0.2, 0.25) is 0 Å². The van der Waals surface area contributed by atoms with E-state index in [2.05, 4.69) is 0 Å². The van der Waals surface area contributed by atoms with Crippen molar-refractivity contribution in [2.75, 3.05) is 19.7 Å². The quantitative estimate of drug-likeness (QED) is 0.726. The summed E-state index contributed by atoms with van der Waals surface area (Å²) in [6, 6.07) is 5.20. The van der Waals surface area contributed by atoms with E-state index < -0.39 is 0 Å². The molecule has 3 heterocycles. The SMILES string of the molecule is CCOC(=O)C1CCN(C(=O)c2ccc3c(=O)n4c(nc3c2)CCCCCC4)CC1. The van der Waals surface area contributed by atoms with Crippen LogP contribution in [0.2, 0.25) is 0 Å². The van der Waals surface area contributed by atoms with Gasteiger partial charge in [0, 0.05) is 31.6 Å².